The average Bonchev–Trinajstić information content (AvgIpc) is 2.49. The Hall–Kier alpha value is -0.610. The molecule has 0 amide bonds. The molecule has 12 heavy (non-hydrogen) atoms. The molecule has 2 atom stereocenters. The highest BCUT2D eigenvalue weighted by molar-refractivity contribution is 7.13. The summed E-state index contributed by atoms with van der Waals surface area (Å²) in [6.07, 6.45) is 1.07. The minimum absolute atomic E-state index is 0.0311. The highest BCUT2D eigenvalue weighted by Gasteiger charge is 2.15. The van der Waals surface area contributed by atoms with Crippen molar-refractivity contribution in [1.29, 1.82) is 0 Å². The van der Waals surface area contributed by atoms with E-state index in [1.165, 1.54) is 11.3 Å². The first-order valence-electron chi connectivity index (χ1n) is 4.11. The van der Waals surface area contributed by atoms with E-state index in [0.29, 0.717) is 11.0 Å². The van der Waals surface area contributed by atoms with E-state index in [4.69, 9.17) is 11.5 Å². The third-order valence-corrected chi connectivity index (χ3v) is 2.83. The van der Waals surface area contributed by atoms with E-state index in [9.17, 15) is 0 Å². The zero-order chi connectivity index (χ0) is 9.14. The molecule has 0 aromatic carbocycles. The van der Waals surface area contributed by atoms with Crippen LogP contribution in [-0.4, -0.2) is 4.98 Å². The van der Waals surface area contributed by atoms with Crippen LogP contribution in [0.4, 0.5) is 5.13 Å². The van der Waals surface area contributed by atoms with Gasteiger partial charge in [0.2, 0.25) is 0 Å². The molecule has 4 N–H and O–H groups in total. The number of rotatable bonds is 3. The molecule has 0 saturated carbocycles. The number of nitrogens with zero attached hydrogens (tertiary/aromatic N) is 1. The Morgan fingerprint density at radius 1 is 1.67 bits per heavy atom. The number of nitrogens with two attached hydrogens (primary N) is 2. The molecular formula is C8H15N3S. The van der Waals surface area contributed by atoms with Gasteiger partial charge in [-0.3, -0.25) is 0 Å². The van der Waals surface area contributed by atoms with Crippen LogP contribution in [-0.2, 0) is 0 Å². The third kappa shape index (κ3) is 1.95. The maximum absolute atomic E-state index is 5.95. The molecule has 3 nitrogen and oxygen atoms in total. The first kappa shape index (κ1) is 9.48. The molecule has 1 aromatic heterocycles. The Balaban J connectivity index is 2.70. The van der Waals surface area contributed by atoms with Crippen LogP contribution in [0.3, 0.4) is 0 Å². The predicted molar refractivity (Wildman–Crippen MR) is 52.9 cm³/mol. The Labute approximate surface area is 76.8 Å². The van der Waals surface area contributed by atoms with Gasteiger partial charge in [0.1, 0.15) is 0 Å². The van der Waals surface area contributed by atoms with Gasteiger partial charge < -0.3 is 11.5 Å². The van der Waals surface area contributed by atoms with Gasteiger partial charge >= 0.3 is 0 Å². The monoisotopic (exact) mass is 185 g/mol. The van der Waals surface area contributed by atoms with Crippen molar-refractivity contribution in [3.63, 3.8) is 0 Å². The zero-order valence-electron chi connectivity index (χ0n) is 7.45. The van der Waals surface area contributed by atoms with Crippen LogP contribution in [0.25, 0.3) is 0 Å². The average molecular weight is 185 g/mol. The first-order chi connectivity index (χ1) is 5.65. The number of anilines is 1. The fourth-order valence-corrected chi connectivity index (χ4v) is 1.61. The van der Waals surface area contributed by atoms with Gasteiger partial charge in [0.15, 0.2) is 5.13 Å². The van der Waals surface area contributed by atoms with Gasteiger partial charge in [-0.2, -0.15) is 0 Å². The van der Waals surface area contributed by atoms with Crippen molar-refractivity contribution in [2.24, 2.45) is 11.7 Å². The molecule has 2 unspecified atom stereocenters. The topological polar surface area (TPSA) is 64.9 Å². The highest BCUT2D eigenvalue weighted by Crippen LogP contribution is 2.23. The SMILES string of the molecule is CCC(C)C(N)c1csc(N)n1. The van der Waals surface area contributed by atoms with E-state index < -0.39 is 0 Å². The summed E-state index contributed by atoms with van der Waals surface area (Å²) in [5.74, 6) is 0.464. The maximum atomic E-state index is 5.95. The van der Waals surface area contributed by atoms with Crippen LogP contribution in [0.1, 0.15) is 32.0 Å². The molecule has 0 aliphatic carbocycles. The normalized spacial score (nSPS) is 15.9. The van der Waals surface area contributed by atoms with Gasteiger partial charge in [-0.1, -0.05) is 20.3 Å². The Morgan fingerprint density at radius 3 is 2.75 bits per heavy atom. The number of aromatic nitrogens is 1. The lowest BCUT2D eigenvalue weighted by molar-refractivity contribution is 0.450. The van der Waals surface area contributed by atoms with Crippen molar-refractivity contribution < 1.29 is 0 Å². The summed E-state index contributed by atoms with van der Waals surface area (Å²) in [5.41, 5.74) is 12.4. The van der Waals surface area contributed by atoms with Crippen molar-refractivity contribution in [3.8, 4) is 0 Å². The summed E-state index contributed by atoms with van der Waals surface area (Å²) in [6, 6.07) is 0.0311. The summed E-state index contributed by atoms with van der Waals surface area (Å²) in [4.78, 5) is 4.15. The molecule has 1 heterocycles. The van der Waals surface area contributed by atoms with Crippen LogP contribution in [0.15, 0.2) is 5.38 Å². The second kappa shape index (κ2) is 3.87. The van der Waals surface area contributed by atoms with Gasteiger partial charge in [0.25, 0.3) is 0 Å². The molecule has 0 spiro atoms. The Kier molecular flexibility index (Phi) is 3.05. The van der Waals surface area contributed by atoms with Crippen LogP contribution >= 0.6 is 11.3 Å². The first-order valence-corrected chi connectivity index (χ1v) is 4.99. The second-order valence-corrected chi connectivity index (χ2v) is 3.91. The maximum Gasteiger partial charge on any atom is 0.180 e. The predicted octanol–water partition coefficient (Wildman–Crippen LogP) is 1.77. The lowest BCUT2D eigenvalue weighted by Crippen LogP contribution is -2.18. The Morgan fingerprint density at radius 2 is 2.33 bits per heavy atom. The van der Waals surface area contributed by atoms with Crippen molar-refractivity contribution in [2.45, 2.75) is 26.3 Å². The van der Waals surface area contributed by atoms with Crippen LogP contribution in [0.5, 0.6) is 0 Å². The molecule has 0 aliphatic heterocycles. The van der Waals surface area contributed by atoms with E-state index in [-0.39, 0.29) is 6.04 Å². The molecule has 4 heteroatoms. The van der Waals surface area contributed by atoms with Crippen molar-refractivity contribution >= 4 is 16.5 Å². The van der Waals surface area contributed by atoms with E-state index in [0.717, 1.165) is 12.1 Å². The van der Waals surface area contributed by atoms with Gasteiger partial charge in [0.05, 0.1) is 11.7 Å². The smallest absolute Gasteiger partial charge is 0.180 e. The van der Waals surface area contributed by atoms with E-state index in [1.54, 1.807) is 0 Å². The van der Waals surface area contributed by atoms with Crippen LogP contribution < -0.4 is 11.5 Å². The molecule has 0 fully saturated rings. The number of hydrogen-bond acceptors (Lipinski definition) is 4. The van der Waals surface area contributed by atoms with Crippen molar-refractivity contribution in [2.75, 3.05) is 5.73 Å². The summed E-state index contributed by atoms with van der Waals surface area (Å²) >= 11 is 1.45. The van der Waals surface area contributed by atoms with E-state index >= 15 is 0 Å². The van der Waals surface area contributed by atoms with E-state index in [1.807, 2.05) is 5.38 Å². The largest absolute Gasteiger partial charge is 0.375 e. The van der Waals surface area contributed by atoms with Gasteiger partial charge in [-0.15, -0.1) is 11.3 Å². The number of hydrogen-bond donors (Lipinski definition) is 2. The summed E-state index contributed by atoms with van der Waals surface area (Å²) in [7, 11) is 0. The minimum Gasteiger partial charge on any atom is -0.375 e. The second-order valence-electron chi connectivity index (χ2n) is 3.02. The van der Waals surface area contributed by atoms with E-state index in [2.05, 4.69) is 18.8 Å². The van der Waals surface area contributed by atoms with Crippen LogP contribution in [0.2, 0.25) is 0 Å². The molecule has 0 aliphatic rings. The number of nitrogen functional groups attached to an aromatic ring is 1. The molecule has 0 saturated heterocycles. The molecular weight excluding hydrogens is 170 g/mol. The lowest BCUT2D eigenvalue weighted by Gasteiger charge is -2.15. The number of thiazole rings is 1. The molecule has 0 radical (unpaired) electrons. The summed E-state index contributed by atoms with van der Waals surface area (Å²) < 4.78 is 0. The highest BCUT2D eigenvalue weighted by atomic mass is 32.1. The van der Waals surface area contributed by atoms with Gasteiger partial charge in [0, 0.05) is 5.38 Å². The minimum atomic E-state index is 0.0311. The van der Waals surface area contributed by atoms with Crippen molar-refractivity contribution in [1.82, 2.24) is 4.98 Å². The molecule has 1 aromatic rings. The fourth-order valence-electron chi connectivity index (χ4n) is 0.999. The molecule has 68 valence electrons. The summed E-state index contributed by atoms with van der Waals surface area (Å²) in [6.45, 7) is 4.25. The fraction of sp³-hybridized carbons (Fsp3) is 0.625. The third-order valence-electron chi connectivity index (χ3n) is 2.14. The zero-order valence-corrected chi connectivity index (χ0v) is 8.27. The lowest BCUT2D eigenvalue weighted by atomic mass is 9.98. The molecule has 1 rings (SSSR count). The molecule has 0 bridgehead atoms. The van der Waals surface area contributed by atoms with Crippen molar-refractivity contribution in [3.05, 3.63) is 11.1 Å². The van der Waals surface area contributed by atoms with Gasteiger partial charge in [-0.05, 0) is 5.92 Å². The van der Waals surface area contributed by atoms with Crippen LogP contribution in [0, 0.1) is 5.92 Å². The van der Waals surface area contributed by atoms with Gasteiger partial charge in [-0.25, -0.2) is 4.98 Å². The standard InChI is InChI=1S/C8H15N3S/c1-3-5(2)7(9)6-4-12-8(10)11-6/h4-5,7H,3,9H2,1-2H3,(H2,10,11). The quantitative estimate of drug-likeness (QED) is 0.754. The summed E-state index contributed by atoms with van der Waals surface area (Å²) in [5, 5.41) is 2.54. The Bertz CT molecular complexity index is 246.